The van der Waals surface area contributed by atoms with Gasteiger partial charge in [0.25, 0.3) is 0 Å². The summed E-state index contributed by atoms with van der Waals surface area (Å²) in [4.78, 5) is 27.3. The lowest BCUT2D eigenvalue weighted by atomic mass is 9.68. The topological polar surface area (TPSA) is 42.4 Å². The first kappa shape index (κ1) is 26.0. The van der Waals surface area contributed by atoms with Crippen LogP contribution in [0.25, 0.3) is 0 Å². The number of rotatable bonds is 8. The monoisotopic (exact) mass is 503 g/mol. The van der Waals surface area contributed by atoms with Gasteiger partial charge in [-0.25, -0.2) is 4.79 Å². The van der Waals surface area contributed by atoms with Crippen molar-refractivity contribution in [2.75, 3.05) is 40.3 Å². The SMILES string of the molecule is C=N/C=C\C=C(/C)N1CCC(N2C[C@]3(CC[C@](c4ccccc4)(N(C)C)CC3)N(CC3CC3)C2=O)CC1. The molecule has 1 aromatic rings. The van der Waals surface area contributed by atoms with E-state index in [0.717, 1.165) is 64.7 Å². The molecule has 2 saturated carbocycles. The van der Waals surface area contributed by atoms with Crippen LogP contribution < -0.4 is 0 Å². The third kappa shape index (κ3) is 5.09. The van der Waals surface area contributed by atoms with Gasteiger partial charge in [-0.3, -0.25) is 9.89 Å². The van der Waals surface area contributed by atoms with Gasteiger partial charge in [0, 0.05) is 49.7 Å². The average Bonchev–Trinajstić information content (AvgIpc) is 3.71. The normalized spacial score (nSPS) is 29.8. The molecule has 2 aliphatic carbocycles. The fraction of sp³-hybridized carbons (Fsp3) is 0.613. The van der Waals surface area contributed by atoms with Gasteiger partial charge in [-0.05, 0) is 103 Å². The molecule has 0 radical (unpaired) electrons. The van der Waals surface area contributed by atoms with E-state index in [4.69, 9.17) is 0 Å². The minimum atomic E-state index is -0.0105. The van der Waals surface area contributed by atoms with Gasteiger partial charge < -0.3 is 14.7 Å². The summed E-state index contributed by atoms with van der Waals surface area (Å²) in [5.74, 6) is 0.711. The molecule has 0 unspecified atom stereocenters. The van der Waals surface area contributed by atoms with Crippen molar-refractivity contribution in [3.63, 3.8) is 0 Å². The zero-order valence-electron chi connectivity index (χ0n) is 23.1. The van der Waals surface area contributed by atoms with Gasteiger partial charge in [0.15, 0.2) is 0 Å². The molecule has 0 aromatic heterocycles. The largest absolute Gasteiger partial charge is 0.375 e. The fourth-order valence-corrected chi connectivity index (χ4v) is 7.12. The van der Waals surface area contributed by atoms with Crippen LogP contribution in [-0.4, -0.2) is 84.2 Å². The van der Waals surface area contributed by atoms with E-state index >= 15 is 0 Å². The molecule has 200 valence electrons. The van der Waals surface area contributed by atoms with Crippen molar-refractivity contribution in [2.45, 2.75) is 75.4 Å². The number of nitrogens with zero attached hydrogens (tertiary/aromatic N) is 5. The number of piperidine rings is 1. The fourth-order valence-electron chi connectivity index (χ4n) is 7.12. The van der Waals surface area contributed by atoms with Crippen LogP contribution >= 0.6 is 0 Å². The van der Waals surface area contributed by atoms with Gasteiger partial charge >= 0.3 is 6.03 Å². The highest BCUT2D eigenvalue weighted by Crippen LogP contribution is 2.50. The molecule has 2 aliphatic heterocycles. The number of allylic oxidation sites excluding steroid dienone is 3. The first-order valence-electron chi connectivity index (χ1n) is 14.2. The maximum Gasteiger partial charge on any atom is 0.320 e. The highest BCUT2D eigenvalue weighted by atomic mass is 16.2. The van der Waals surface area contributed by atoms with Crippen molar-refractivity contribution in [3.8, 4) is 0 Å². The summed E-state index contributed by atoms with van der Waals surface area (Å²) < 4.78 is 0. The van der Waals surface area contributed by atoms with Crippen LogP contribution in [0, 0.1) is 5.92 Å². The number of urea groups is 1. The van der Waals surface area contributed by atoms with Crippen molar-refractivity contribution in [1.82, 2.24) is 19.6 Å². The summed E-state index contributed by atoms with van der Waals surface area (Å²) >= 11 is 0. The van der Waals surface area contributed by atoms with Crippen molar-refractivity contribution in [1.29, 1.82) is 0 Å². The van der Waals surface area contributed by atoms with Gasteiger partial charge in [-0.2, -0.15) is 0 Å². The smallest absolute Gasteiger partial charge is 0.320 e. The number of carbonyl (C=O) groups is 1. The molecule has 5 rings (SSSR count). The van der Waals surface area contributed by atoms with E-state index in [2.05, 4.69) is 88.7 Å². The molecule has 2 heterocycles. The first-order chi connectivity index (χ1) is 17.9. The Bertz CT molecular complexity index is 1010. The lowest BCUT2D eigenvalue weighted by Crippen LogP contribution is -2.55. The Morgan fingerprint density at radius 3 is 2.35 bits per heavy atom. The highest BCUT2D eigenvalue weighted by molar-refractivity contribution is 5.79. The molecular weight excluding hydrogens is 458 g/mol. The molecule has 4 aliphatic rings. The molecule has 6 heteroatoms. The van der Waals surface area contributed by atoms with Crippen LogP contribution in [-0.2, 0) is 5.54 Å². The molecule has 37 heavy (non-hydrogen) atoms. The molecule has 1 aromatic carbocycles. The number of hydrogen-bond donors (Lipinski definition) is 0. The molecule has 0 N–H and O–H groups in total. The standard InChI is InChI=1S/C31H45N5O/c1-25(9-8-20-32-2)34-21-14-28(15-22-34)35-24-30(36(29(35)37)23-26-12-13-26)16-18-31(19-17-30,33(3)4)27-10-6-5-7-11-27/h5-11,20,26,28H,2,12-19,21-24H2,1,3-4H3/b20-8-,25-9+/t30-,31+. The van der Waals surface area contributed by atoms with E-state index in [0.29, 0.717) is 18.0 Å². The van der Waals surface area contributed by atoms with E-state index in [-0.39, 0.29) is 11.1 Å². The second-order valence-corrected chi connectivity index (χ2v) is 12.0. The van der Waals surface area contributed by atoms with Crippen LogP contribution in [0.5, 0.6) is 0 Å². The molecular formula is C31H45N5O. The third-order valence-electron chi connectivity index (χ3n) is 9.76. The summed E-state index contributed by atoms with van der Waals surface area (Å²) in [5, 5.41) is 0. The van der Waals surface area contributed by atoms with E-state index in [1.165, 1.54) is 24.1 Å². The summed E-state index contributed by atoms with van der Waals surface area (Å²) in [6, 6.07) is 11.7. The van der Waals surface area contributed by atoms with Gasteiger partial charge in [-0.1, -0.05) is 30.3 Å². The quantitative estimate of drug-likeness (QED) is 0.348. The second kappa shape index (κ2) is 10.6. The summed E-state index contributed by atoms with van der Waals surface area (Å²) in [6.07, 6.45) is 14.8. The first-order valence-corrected chi connectivity index (χ1v) is 14.2. The molecule has 6 nitrogen and oxygen atoms in total. The van der Waals surface area contributed by atoms with Crippen molar-refractivity contribution in [2.24, 2.45) is 10.9 Å². The maximum absolute atomic E-state index is 14.0. The Morgan fingerprint density at radius 1 is 1.08 bits per heavy atom. The average molecular weight is 504 g/mol. The van der Waals surface area contributed by atoms with Gasteiger partial charge in [0.2, 0.25) is 0 Å². The van der Waals surface area contributed by atoms with E-state index in [1.807, 2.05) is 6.08 Å². The molecule has 2 amide bonds. The Morgan fingerprint density at radius 2 is 1.76 bits per heavy atom. The Kier molecular flexibility index (Phi) is 7.49. The van der Waals surface area contributed by atoms with Crippen molar-refractivity contribution >= 4 is 12.7 Å². The Labute approximate surface area is 223 Å². The summed E-state index contributed by atoms with van der Waals surface area (Å²) in [5.41, 5.74) is 2.72. The predicted octanol–water partition coefficient (Wildman–Crippen LogP) is 5.49. The van der Waals surface area contributed by atoms with E-state index in [1.54, 1.807) is 6.20 Å². The molecule has 0 bridgehead atoms. The summed E-state index contributed by atoms with van der Waals surface area (Å²) in [7, 11) is 4.46. The highest BCUT2D eigenvalue weighted by Gasteiger charge is 2.56. The number of benzene rings is 1. The van der Waals surface area contributed by atoms with Crippen molar-refractivity contribution in [3.05, 3.63) is 59.9 Å². The summed E-state index contributed by atoms with van der Waals surface area (Å²) in [6.45, 7) is 9.53. The third-order valence-corrected chi connectivity index (χ3v) is 9.76. The number of amides is 2. The lowest BCUT2D eigenvalue weighted by Gasteiger charge is -2.51. The zero-order chi connectivity index (χ0) is 26.0. The Hall–Kier alpha value is -2.60. The molecule has 1 spiro atoms. The molecule has 4 fully saturated rings. The number of carbonyl (C=O) groups excluding carboxylic acids is 1. The van der Waals surface area contributed by atoms with Crippen LogP contribution in [0.2, 0.25) is 0 Å². The zero-order valence-corrected chi connectivity index (χ0v) is 23.1. The number of hydrogen-bond acceptors (Lipinski definition) is 4. The minimum absolute atomic E-state index is 0.0105. The predicted molar refractivity (Wildman–Crippen MR) is 152 cm³/mol. The maximum atomic E-state index is 14.0. The Balaban J connectivity index is 1.31. The van der Waals surface area contributed by atoms with Gasteiger partial charge in [-0.15, -0.1) is 0 Å². The van der Waals surface area contributed by atoms with E-state index in [9.17, 15) is 4.79 Å². The second-order valence-electron chi connectivity index (χ2n) is 12.0. The van der Waals surface area contributed by atoms with E-state index < -0.39 is 0 Å². The molecule has 2 saturated heterocycles. The van der Waals surface area contributed by atoms with Crippen LogP contribution in [0.15, 0.2) is 59.4 Å². The number of likely N-dealkylation sites (tertiary alicyclic amines) is 1. The van der Waals surface area contributed by atoms with Gasteiger partial charge in [0.05, 0.1) is 5.54 Å². The van der Waals surface area contributed by atoms with Crippen LogP contribution in [0.1, 0.15) is 63.9 Å². The van der Waals surface area contributed by atoms with Crippen molar-refractivity contribution < 1.29 is 4.79 Å². The van der Waals surface area contributed by atoms with Crippen LogP contribution in [0.3, 0.4) is 0 Å². The van der Waals surface area contributed by atoms with Crippen LogP contribution in [0.4, 0.5) is 4.79 Å². The van der Waals surface area contributed by atoms with Gasteiger partial charge in [0.1, 0.15) is 0 Å². The molecule has 0 atom stereocenters. The number of aliphatic imine (C=N–C) groups is 1. The lowest BCUT2D eigenvalue weighted by molar-refractivity contribution is 0.0222. The minimum Gasteiger partial charge on any atom is -0.375 e.